The third-order valence-electron chi connectivity index (χ3n) is 3.27. The molecule has 0 aliphatic carbocycles. The highest BCUT2D eigenvalue weighted by Gasteiger charge is 2.17. The van der Waals surface area contributed by atoms with Crippen LogP contribution in [0, 0.1) is 0 Å². The summed E-state index contributed by atoms with van der Waals surface area (Å²) in [5.74, 6) is 0.799. The number of aromatic nitrogens is 2. The van der Waals surface area contributed by atoms with Crippen LogP contribution >= 0.6 is 0 Å². The molecule has 0 aliphatic heterocycles. The molecule has 0 aliphatic rings. The molecule has 1 aromatic carbocycles. The molecule has 106 valence electrons. The smallest absolute Gasteiger partial charge is 0.128 e. The molecule has 0 amide bonds. The molecule has 0 saturated heterocycles. The summed E-state index contributed by atoms with van der Waals surface area (Å²) in [6.07, 6.45) is 0. The molecule has 4 heteroatoms. The fourth-order valence-corrected chi connectivity index (χ4v) is 1.99. The quantitative estimate of drug-likeness (QED) is 0.932. The van der Waals surface area contributed by atoms with Gasteiger partial charge in [-0.05, 0) is 35.2 Å². The first-order chi connectivity index (χ1) is 9.45. The van der Waals surface area contributed by atoms with Crippen LogP contribution in [0.4, 0.5) is 0 Å². The van der Waals surface area contributed by atoms with Gasteiger partial charge in [-0.3, -0.25) is 0 Å². The predicted octanol–water partition coefficient (Wildman–Crippen LogP) is 2.91. The van der Waals surface area contributed by atoms with Crippen LogP contribution in [0.5, 0.6) is 5.75 Å². The summed E-state index contributed by atoms with van der Waals surface area (Å²) in [5, 5.41) is 8.35. The maximum Gasteiger partial charge on any atom is 0.128 e. The van der Waals surface area contributed by atoms with Gasteiger partial charge in [-0.25, -0.2) is 0 Å². The van der Waals surface area contributed by atoms with Gasteiger partial charge in [-0.15, -0.1) is 0 Å². The molecule has 0 saturated carbocycles. The average Bonchev–Trinajstić information content (AvgIpc) is 2.45. The van der Waals surface area contributed by atoms with Crippen molar-refractivity contribution in [2.45, 2.75) is 32.7 Å². The molecule has 2 aromatic rings. The predicted molar refractivity (Wildman–Crippen MR) is 80.6 cm³/mol. The first-order valence-electron chi connectivity index (χ1n) is 6.67. The number of nitrogens with two attached hydrogens (primary N) is 1. The standard InChI is InChI=1S/C16H21N3O/c1-16(2,3)11-5-8-15(20-4)13(9-11)14-7-6-12(10-17)18-19-14/h5-9H,10,17H2,1-4H3. The molecular weight excluding hydrogens is 250 g/mol. The van der Waals surface area contributed by atoms with Crippen LogP contribution < -0.4 is 10.5 Å². The van der Waals surface area contributed by atoms with Gasteiger partial charge in [0.05, 0.1) is 18.5 Å². The van der Waals surface area contributed by atoms with Gasteiger partial charge < -0.3 is 10.5 Å². The van der Waals surface area contributed by atoms with Crippen molar-refractivity contribution in [2.24, 2.45) is 5.73 Å². The Labute approximate surface area is 120 Å². The lowest BCUT2D eigenvalue weighted by atomic mass is 9.85. The lowest BCUT2D eigenvalue weighted by Gasteiger charge is -2.21. The van der Waals surface area contributed by atoms with Crippen LogP contribution in [-0.4, -0.2) is 17.3 Å². The van der Waals surface area contributed by atoms with E-state index < -0.39 is 0 Å². The Morgan fingerprint density at radius 3 is 2.35 bits per heavy atom. The van der Waals surface area contributed by atoms with Gasteiger partial charge in [0, 0.05) is 12.1 Å². The van der Waals surface area contributed by atoms with Gasteiger partial charge in [0.25, 0.3) is 0 Å². The van der Waals surface area contributed by atoms with Crippen molar-refractivity contribution in [1.82, 2.24) is 10.2 Å². The van der Waals surface area contributed by atoms with E-state index in [0.29, 0.717) is 6.54 Å². The maximum absolute atomic E-state index is 5.55. The summed E-state index contributed by atoms with van der Waals surface area (Å²) in [4.78, 5) is 0. The maximum atomic E-state index is 5.55. The molecule has 1 aromatic heterocycles. The highest BCUT2D eigenvalue weighted by molar-refractivity contribution is 5.68. The van der Waals surface area contributed by atoms with E-state index in [4.69, 9.17) is 10.5 Å². The number of hydrogen-bond acceptors (Lipinski definition) is 4. The van der Waals surface area contributed by atoms with Crippen LogP contribution in [-0.2, 0) is 12.0 Å². The molecule has 1 heterocycles. The monoisotopic (exact) mass is 271 g/mol. The van der Waals surface area contributed by atoms with E-state index in [9.17, 15) is 0 Å². The van der Waals surface area contributed by atoms with Gasteiger partial charge in [-0.1, -0.05) is 26.8 Å². The Morgan fingerprint density at radius 2 is 1.85 bits per heavy atom. The largest absolute Gasteiger partial charge is 0.496 e. The van der Waals surface area contributed by atoms with Crippen LogP contribution in [0.25, 0.3) is 11.3 Å². The van der Waals surface area contributed by atoms with Crippen LogP contribution in [0.15, 0.2) is 30.3 Å². The zero-order valence-electron chi connectivity index (χ0n) is 12.5. The van der Waals surface area contributed by atoms with E-state index in [1.807, 2.05) is 18.2 Å². The van der Waals surface area contributed by atoms with Gasteiger partial charge in [0.2, 0.25) is 0 Å². The van der Waals surface area contributed by atoms with Gasteiger partial charge in [0.15, 0.2) is 0 Å². The zero-order valence-corrected chi connectivity index (χ0v) is 12.5. The van der Waals surface area contributed by atoms with Crippen molar-refractivity contribution in [1.29, 1.82) is 0 Å². The van der Waals surface area contributed by atoms with E-state index >= 15 is 0 Å². The van der Waals surface area contributed by atoms with E-state index in [-0.39, 0.29) is 5.41 Å². The second kappa shape index (κ2) is 5.59. The Kier molecular flexibility index (Phi) is 4.04. The Bertz CT molecular complexity index is 586. The first-order valence-corrected chi connectivity index (χ1v) is 6.67. The van der Waals surface area contributed by atoms with Crippen molar-refractivity contribution in [2.75, 3.05) is 7.11 Å². The third-order valence-corrected chi connectivity index (χ3v) is 3.27. The average molecular weight is 271 g/mol. The molecule has 0 bridgehead atoms. The molecule has 0 atom stereocenters. The molecule has 0 fully saturated rings. The number of hydrogen-bond donors (Lipinski definition) is 1. The molecule has 0 radical (unpaired) electrons. The highest BCUT2D eigenvalue weighted by atomic mass is 16.5. The van der Waals surface area contributed by atoms with Gasteiger partial charge >= 0.3 is 0 Å². The summed E-state index contributed by atoms with van der Waals surface area (Å²) >= 11 is 0. The fourth-order valence-electron chi connectivity index (χ4n) is 1.99. The summed E-state index contributed by atoms with van der Waals surface area (Å²) in [6.45, 7) is 6.94. The molecule has 0 unspecified atom stereocenters. The van der Waals surface area contributed by atoms with E-state index in [0.717, 1.165) is 22.7 Å². The number of nitrogens with zero attached hydrogens (tertiary/aromatic N) is 2. The Morgan fingerprint density at radius 1 is 1.10 bits per heavy atom. The van der Waals surface area contributed by atoms with Crippen LogP contribution in [0.1, 0.15) is 32.0 Å². The van der Waals surface area contributed by atoms with E-state index in [1.54, 1.807) is 7.11 Å². The third kappa shape index (κ3) is 2.96. The lowest BCUT2D eigenvalue weighted by Crippen LogP contribution is -2.11. The normalized spacial score (nSPS) is 11.4. The second-order valence-electron chi connectivity index (χ2n) is 5.78. The van der Waals surface area contributed by atoms with Crippen molar-refractivity contribution < 1.29 is 4.74 Å². The van der Waals surface area contributed by atoms with E-state index in [1.165, 1.54) is 5.56 Å². The Balaban J connectivity index is 2.52. The molecule has 2 rings (SSSR count). The van der Waals surface area contributed by atoms with Gasteiger partial charge in [0.1, 0.15) is 5.75 Å². The highest BCUT2D eigenvalue weighted by Crippen LogP contribution is 2.33. The minimum atomic E-state index is 0.0750. The van der Waals surface area contributed by atoms with Crippen molar-refractivity contribution in [3.63, 3.8) is 0 Å². The Hall–Kier alpha value is -1.94. The SMILES string of the molecule is COc1ccc(C(C)(C)C)cc1-c1ccc(CN)nn1. The topological polar surface area (TPSA) is 61.0 Å². The summed E-state index contributed by atoms with van der Waals surface area (Å²) in [7, 11) is 1.66. The lowest BCUT2D eigenvalue weighted by molar-refractivity contribution is 0.415. The van der Waals surface area contributed by atoms with Crippen LogP contribution in [0.3, 0.4) is 0 Å². The number of rotatable bonds is 3. The second-order valence-corrected chi connectivity index (χ2v) is 5.78. The number of ether oxygens (including phenoxy) is 1. The molecule has 4 nitrogen and oxygen atoms in total. The summed E-state index contributed by atoms with van der Waals surface area (Å²) in [5.41, 5.74) is 9.39. The molecule has 0 spiro atoms. The molecule has 20 heavy (non-hydrogen) atoms. The fraction of sp³-hybridized carbons (Fsp3) is 0.375. The minimum Gasteiger partial charge on any atom is -0.496 e. The molecule has 2 N–H and O–H groups in total. The number of methoxy groups -OCH3 is 1. The van der Waals surface area contributed by atoms with Crippen LogP contribution in [0.2, 0.25) is 0 Å². The summed E-state index contributed by atoms with van der Waals surface area (Å²) < 4.78 is 5.43. The van der Waals surface area contributed by atoms with Gasteiger partial charge in [-0.2, -0.15) is 10.2 Å². The minimum absolute atomic E-state index is 0.0750. The number of benzene rings is 1. The van der Waals surface area contributed by atoms with E-state index in [2.05, 4.69) is 43.1 Å². The van der Waals surface area contributed by atoms with Crippen molar-refractivity contribution >= 4 is 0 Å². The first kappa shape index (κ1) is 14.5. The molecular formula is C16H21N3O. The van der Waals surface area contributed by atoms with Crippen molar-refractivity contribution in [3.05, 3.63) is 41.6 Å². The summed E-state index contributed by atoms with van der Waals surface area (Å²) in [6, 6.07) is 10.0. The zero-order chi connectivity index (χ0) is 14.8. The van der Waals surface area contributed by atoms with Crippen molar-refractivity contribution in [3.8, 4) is 17.0 Å².